The van der Waals surface area contributed by atoms with Gasteiger partial charge < -0.3 is 10.1 Å². The number of hydrogen-bond acceptors (Lipinski definition) is 2. The van der Waals surface area contributed by atoms with E-state index < -0.39 is 0 Å². The highest BCUT2D eigenvalue weighted by Gasteiger charge is 2.41. The van der Waals surface area contributed by atoms with Crippen LogP contribution in [0.1, 0.15) is 62.6 Å². The number of ether oxygens (including phenoxy) is 1. The van der Waals surface area contributed by atoms with Crippen LogP contribution in [0.15, 0.2) is 18.2 Å². The van der Waals surface area contributed by atoms with Gasteiger partial charge in [-0.1, -0.05) is 25.0 Å². The molecule has 0 aromatic heterocycles. The van der Waals surface area contributed by atoms with Crippen molar-refractivity contribution in [3.05, 3.63) is 35.1 Å². The second-order valence-corrected chi connectivity index (χ2v) is 6.81. The average Bonchev–Trinajstić information content (AvgIpc) is 3.10. The van der Waals surface area contributed by atoms with Crippen LogP contribution in [0.2, 0.25) is 0 Å². The number of aryl methyl sites for hydroxylation is 1. The normalized spacial score (nSPS) is 25.6. The van der Waals surface area contributed by atoms with Gasteiger partial charge in [0.15, 0.2) is 0 Å². The van der Waals surface area contributed by atoms with Crippen LogP contribution in [0.5, 0.6) is 0 Å². The Hall–Kier alpha value is -0.930. The number of rotatable bonds is 4. The summed E-state index contributed by atoms with van der Waals surface area (Å²) >= 11 is 0. The Morgan fingerprint density at radius 1 is 1.33 bits per heavy atom. The highest BCUT2D eigenvalue weighted by molar-refractivity contribution is 5.25. The Morgan fingerprint density at radius 2 is 2.10 bits per heavy atom. The van der Waals surface area contributed by atoms with Crippen molar-refractivity contribution >= 4 is 0 Å². The van der Waals surface area contributed by atoms with E-state index in [1.807, 2.05) is 12.1 Å². The van der Waals surface area contributed by atoms with Crippen LogP contribution in [0.3, 0.4) is 0 Å². The average molecular weight is 291 g/mol. The quantitative estimate of drug-likeness (QED) is 0.894. The van der Waals surface area contributed by atoms with Crippen molar-refractivity contribution in [1.82, 2.24) is 5.32 Å². The summed E-state index contributed by atoms with van der Waals surface area (Å²) in [6.07, 6.45) is 7.80. The first-order valence-corrected chi connectivity index (χ1v) is 8.25. The topological polar surface area (TPSA) is 21.3 Å². The third-order valence-corrected chi connectivity index (χ3v) is 5.20. The number of hydrogen-bond donors (Lipinski definition) is 1. The second-order valence-electron chi connectivity index (χ2n) is 6.81. The van der Waals surface area contributed by atoms with Crippen molar-refractivity contribution in [3.63, 3.8) is 0 Å². The highest BCUT2D eigenvalue weighted by atomic mass is 19.1. The van der Waals surface area contributed by atoms with Crippen molar-refractivity contribution in [2.75, 3.05) is 6.54 Å². The first kappa shape index (κ1) is 15.0. The molecule has 0 bridgehead atoms. The summed E-state index contributed by atoms with van der Waals surface area (Å²) in [6, 6.07) is 5.65. The van der Waals surface area contributed by atoms with E-state index in [2.05, 4.69) is 12.2 Å². The van der Waals surface area contributed by atoms with E-state index in [9.17, 15) is 4.39 Å². The van der Waals surface area contributed by atoms with E-state index in [4.69, 9.17) is 4.74 Å². The SMILES string of the molecule is Cc1ccc(C(C)NCC2CCC3(CCCC3)O2)cc1F. The zero-order chi connectivity index (χ0) is 14.9. The van der Waals surface area contributed by atoms with Gasteiger partial charge in [0.05, 0.1) is 11.7 Å². The van der Waals surface area contributed by atoms with Gasteiger partial charge in [0.25, 0.3) is 0 Å². The Kier molecular flexibility index (Phi) is 4.32. The van der Waals surface area contributed by atoms with Crippen LogP contribution in [-0.2, 0) is 4.74 Å². The third kappa shape index (κ3) is 3.29. The zero-order valence-corrected chi connectivity index (χ0v) is 13.1. The van der Waals surface area contributed by atoms with Gasteiger partial charge in [-0.15, -0.1) is 0 Å². The molecule has 21 heavy (non-hydrogen) atoms. The molecule has 3 rings (SSSR count). The van der Waals surface area contributed by atoms with E-state index >= 15 is 0 Å². The molecular weight excluding hydrogens is 265 g/mol. The third-order valence-electron chi connectivity index (χ3n) is 5.20. The summed E-state index contributed by atoms with van der Waals surface area (Å²) in [6.45, 7) is 4.74. The maximum atomic E-state index is 13.6. The summed E-state index contributed by atoms with van der Waals surface area (Å²) in [4.78, 5) is 0. The minimum absolute atomic E-state index is 0.122. The molecule has 2 atom stereocenters. The Labute approximate surface area is 127 Å². The van der Waals surface area contributed by atoms with Crippen molar-refractivity contribution in [2.45, 2.75) is 70.1 Å². The first-order valence-electron chi connectivity index (χ1n) is 8.25. The molecule has 1 aliphatic carbocycles. The van der Waals surface area contributed by atoms with Crippen molar-refractivity contribution in [1.29, 1.82) is 0 Å². The van der Waals surface area contributed by atoms with Crippen molar-refractivity contribution in [3.8, 4) is 0 Å². The van der Waals surface area contributed by atoms with Crippen molar-refractivity contribution in [2.24, 2.45) is 0 Å². The van der Waals surface area contributed by atoms with Gasteiger partial charge in [-0.3, -0.25) is 0 Å². The molecule has 116 valence electrons. The van der Waals surface area contributed by atoms with Gasteiger partial charge in [0.1, 0.15) is 5.82 Å². The zero-order valence-electron chi connectivity index (χ0n) is 13.1. The molecule has 0 radical (unpaired) electrons. The first-order chi connectivity index (χ1) is 10.1. The van der Waals surface area contributed by atoms with Crippen LogP contribution in [0.4, 0.5) is 4.39 Å². The Morgan fingerprint density at radius 3 is 2.81 bits per heavy atom. The molecule has 1 aliphatic heterocycles. The fourth-order valence-electron chi connectivity index (χ4n) is 3.73. The number of halogens is 1. The lowest BCUT2D eigenvalue weighted by Gasteiger charge is -2.24. The smallest absolute Gasteiger partial charge is 0.126 e. The van der Waals surface area contributed by atoms with Crippen LogP contribution >= 0.6 is 0 Å². The van der Waals surface area contributed by atoms with Crippen LogP contribution < -0.4 is 5.32 Å². The second kappa shape index (κ2) is 6.05. The maximum Gasteiger partial charge on any atom is 0.126 e. The molecular formula is C18H26FNO. The molecule has 1 aromatic carbocycles. The monoisotopic (exact) mass is 291 g/mol. The molecule has 1 aromatic rings. The lowest BCUT2D eigenvalue weighted by molar-refractivity contribution is -0.0357. The van der Waals surface area contributed by atoms with Crippen LogP contribution in [-0.4, -0.2) is 18.2 Å². The predicted molar refractivity (Wildman–Crippen MR) is 82.9 cm³/mol. The maximum absolute atomic E-state index is 13.6. The summed E-state index contributed by atoms with van der Waals surface area (Å²) in [5.74, 6) is -0.122. The fourth-order valence-corrected chi connectivity index (χ4v) is 3.73. The molecule has 2 fully saturated rings. The number of nitrogens with one attached hydrogen (secondary N) is 1. The Balaban J connectivity index is 1.52. The Bertz CT molecular complexity index is 496. The molecule has 2 aliphatic rings. The standard InChI is InChI=1S/C18H26FNO/c1-13-5-6-15(11-17(13)19)14(2)20-12-16-7-10-18(21-16)8-3-4-9-18/h5-6,11,14,16,20H,3-4,7-10,12H2,1-2H3. The van der Waals surface area contributed by atoms with Gasteiger partial charge in [-0.05, 0) is 56.7 Å². The van der Waals surface area contributed by atoms with Gasteiger partial charge >= 0.3 is 0 Å². The molecule has 1 saturated carbocycles. The predicted octanol–water partition coefficient (Wildman–Crippen LogP) is 4.28. The largest absolute Gasteiger partial charge is 0.370 e. The van der Waals surface area contributed by atoms with Gasteiger partial charge in [0, 0.05) is 12.6 Å². The molecule has 1 spiro atoms. The lowest BCUT2D eigenvalue weighted by Crippen LogP contribution is -2.32. The van der Waals surface area contributed by atoms with Gasteiger partial charge in [-0.25, -0.2) is 4.39 Å². The minimum Gasteiger partial charge on any atom is -0.370 e. The van der Waals surface area contributed by atoms with E-state index in [-0.39, 0.29) is 17.5 Å². The molecule has 0 amide bonds. The van der Waals surface area contributed by atoms with E-state index in [0.29, 0.717) is 11.7 Å². The van der Waals surface area contributed by atoms with E-state index in [1.165, 1.54) is 32.1 Å². The highest BCUT2D eigenvalue weighted by Crippen LogP contribution is 2.43. The molecule has 1 heterocycles. The van der Waals surface area contributed by atoms with E-state index in [1.54, 1.807) is 13.0 Å². The molecule has 1 N–H and O–H groups in total. The van der Waals surface area contributed by atoms with Gasteiger partial charge in [0.2, 0.25) is 0 Å². The van der Waals surface area contributed by atoms with Gasteiger partial charge in [-0.2, -0.15) is 0 Å². The molecule has 2 nitrogen and oxygen atoms in total. The summed E-state index contributed by atoms with van der Waals surface area (Å²) in [5.41, 5.74) is 1.91. The molecule has 2 unspecified atom stereocenters. The lowest BCUT2D eigenvalue weighted by atomic mass is 9.98. The van der Waals surface area contributed by atoms with Crippen molar-refractivity contribution < 1.29 is 9.13 Å². The summed E-state index contributed by atoms with van der Waals surface area (Å²) < 4.78 is 19.9. The fraction of sp³-hybridized carbons (Fsp3) is 0.667. The van der Waals surface area contributed by atoms with Crippen LogP contribution in [0.25, 0.3) is 0 Å². The minimum atomic E-state index is -0.122. The summed E-state index contributed by atoms with van der Waals surface area (Å²) in [7, 11) is 0. The number of benzene rings is 1. The van der Waals surface area contributed by atoms with E-state index in [0.717, 1.165) is 18.5 Å². The molecule has 3 heteroatoms. The summed E-state index contributed by atoms with van der Waals surface area (Å²) in [5, 5.41) is 3.50. The van der Waals surface area contributed by atoms with Crippen LogP contribution in [0, 0.1) is 12.7 Å². The molecule has 1 saturated heterocycles.